The molecule has 0 aromatic heterocycles. The number of alkyl halides is 1. The molecule has 2 aliphatic rings. The Bertz CT molecular complexity index is 1050. The van der Waals surface area contributed by atoms with Crippen LogP contribution in [-0.2, 0) is 14.0 Å². The lowest BCUT2D eigenvalue weighted by molar-refractivity contribution is -0.462. The van der Waals surface area contributed by atoms with Gasteiger partial charge in [-0.25, -0.2) is 8.97 Å². The number of benzene rings is 1. The van der Waals surface area contributed by atoms with E-state index in [-0.39, 0.29) is 18.1 Å². The molecule has 180 valence electrons. The maximum Gasteiger partial charge on any atom is 0.725 e. The van der Waals surface area contributed by atoms with Gasteiger partial charge in [0.2, 0.25) is 0 Å². The van der Waals surface area contributed by atoms with Crippen molar-refractivity contribution in [2.24, 2.45) is 0 Å². The van der Waals surface area contributed by atoms with Gasteiger partial charge in [-0.05, 0) is 47.6 Å². The van der Waals surface area contributed by atoms with Crippen molar-refractivity contribution in [1.29, 1.82) is 0 Å². The van der Waals surface area contributed by atoms with Gasteiger partial charge in [-0.1, -0.05) is 24.3 Å². The molecule has 34 heavy (non-hydrogen) atoms. The smallest absolute Gasteiger partial charge is 0.627 e. The van der Waals surface area contributed by atoms with Crippen LogP contribution in [0, 0.1) is 0 Å². The van der Waals surface area contributed by atoms with Crippen LogP contribution in [0.1, 0.15) is 5.56 Å². The van der Waals surface area contributed by atoms with Gasteiger partial charge in [0, 0.05) is 18.2 Å². The third-order valence-corrected chi connectivity index (χ3v) is 4.72. The summed E-state index contributed by atoms with van der Waals surface area (Å²) in [6.45, 7) is 0.124. The molecule has 1 heterocycles. The van der Waals surface area contributed by atoms with E-state index >= 15 is 0 Å². The quantitative estimate of drug-likeness (QED) is 0.288. The standard InChI is InChI=1S/C25H27BF3NO4/c1-30(2)22-9-3-20(4-10-22)7-13-24-19-25(34-26(28,29)33-24)14-8-21-5-11-23(12-6-21)32-18-17-31-16-15-27/h3-14,19H,15-18H2,1-2H3/b14-8+,24-13?/i27-1. The minimum Gasteiger partial charge on any atom is -0.627 e. The van der Waals surface area contributed by atoms with Crippen molar-refractivity contribution in [3.8, 4) is 5.75 Å². The normalized spacial score (nSPS) is 18.0. The molecule has 0 N–H and O–H groups in total. The van der Waals surface area contributed by atoms with Crippen molar-refractivity contribution < 1.29 is 36.4 Å². The molecule has 1 aliphatic carbocycles. The molecule has 1 aliphatic heterocycles. The second-order valence-electron chi connectivity index (χ2n) is 7.59. The first-order chi connectivity index (χ1) is 16.3. The van der Waals surface area contributed by atoms with E-state index in [9.17, 15) is 13.0 Å². The summed E-state index contributed by atoms with van der Waals surface area (Å²) in [5.74, 6) is 0.618. The minimum absolute atomic E-state index is 0.00585. The molecule has 0 saturated carbocycles. The van der Waals surface area contributed by atoms with Crippen molar-refractivity contribution in [3.63, 3.8) is 0 Å². The number of allylic oxidation sites excluding steroid dienone is 9. The minimum atomic E-state index is -4.47. The summed E-state index contributed by atoms with van der Waals surface area (Å²) in [7, 11) is -0.586. The van der Waals surface area contributed by atoms with E-state index in [1.165, 1.54) is 18.2 Å². The molecular formula is C25H27BF3NO4. The molecule has 0 saturated heterocycles. The summed E-state index contributed by atoms with van der Waals surface area (Å²) in [6.07, 6.45) is 15.4. The van der Waals surface area contributed by atoms with Gasteiger partial charge in [0.15, 0.2) is 5.71 Å². The number of nitrogens with zero attached hydrogens (tertiary/aromatic N) is 1. The van der Waals surface area contributed by atoms with Crippen LogP contribution in [0.15, 0.2) is 90.0 Å². The summed E-state index contributed by atoms with van der Waals surface area (Å²) in [4.78, 5) is 0. The van der Waals surface area contributed by atoms with Crippen molar-refractivity contribution >= 4 is 18.9 Å². The molecule has 1 aromatic rings. The fourth-order valence-corrected chi connectivity index (χ4v) is 3.01. The predicted octanol–water partition coefficient (Wildman–Crippen LogP) is 5.02. The number of hydrogen-bond donors (Lipinski definition) is 0. The Morgan fingerprint density at radius 2 is 1.65 bits per heavy atom. The maximum atomic E-state index is 14.0. The number of rotatable bonds is 9. The zero-order valence-electron chi connectivity index (χ0n) is 19.1. The van der Waals surface area contributed by atoms with E-state index in [0.717, 1.165) is 16.8 Å². The summed E-state index contributed by atoms with van der Waals surface area (Å²) in [6, 6.07) is 7.04. The summed E-state index contributed by atoms with van der Waals surface area (Å²) >= 11 is 0. The van der Waals surface area contributed by atoms with Gasteiger partial charge in [-0.3, -0.25) is 0 Å². The van der Waals surface area contributed by atoms with Crippen molar-refractivity contribution in [2.45, 2.75) is 0 Å². The zero-order valence-corrected chi connectivity index (χ0v) is 19.1. The third-order valence-electron chi connectivity index (χ3n) is 4.72. The lowest BCUT2D eigenvalue weighted by Gasteiger charge is -2.33. The fraction of sp³-hybridized carbons (Fsp3) is 0.240. The van der Waals surface area contributed by atoms with Gasteiger partial charge in [-0.15, -0.1) is 0 Å². The van der Waals surface area contributed by atoms with Gasteiger partial charge in [0.25, 0.3) is 0 Å². The first kappa shape index (κ1) is 25.2. The highest BCUT2D eigenvalue weighted by atomic mass is 19.3. The molecular weight excluding hydrogens is 445 g/mol. The Morgan fingerprint density at radius 3 is 2.32 bits per heavy atom. The van der Waals surface area contributed by atoms with Crippen LogP contribution in [0.3, 0.4) is 0 Å². The fourth-order valence-electron chi connectivity index (χ4n) is 3.01. The molecule has 0 radical (unpaired) electrons. The molecule has 0 fully saturated rings. The van der Waals surface area contributed by atoms with Crippen LogP contribution in [0.4, 0.5) is 13.0 Å². The molecule has 0 spiro atoms. The van der Waals surface area contributed by atoms with Crippen LogP contribution < -0.4 is 4.74 Å². The average Bonchev–Trinajstić information content (AvgIpc) is 2.81. The van der Waals surface area contributed by atoms with Crippen LogP contribution in [0.2, 0.25) is 0 Å². The van der Waals surface area contributed by atoms with Gasteiger partial charge in [0.1, 0.15) is 33.1 Å². The molecule has 9 heteroatoms. The molecule has 1 aromatic carbocycles. The van der Waals surface area contributed by atoms with Crippen LogP contribution in [0.5, 0.6) is 5.75 Å². The van der Waals surface area contributed by atoms with Crippen LogP contribution >= 0.6 is 0 Å². The topological polar surface area (TPSA) is 39.9 Å². The van der Waals surface area contributed by atoms with Crippen molar-refractivity contribution in [2.75, 3.05) is 40.6 Å². The number of hydrogen-bond acceptors (Lipinski definition) is 4. The number of ether oxygens (including phenoxy) is 2. The highest BCUT2D eigenvalue weighted by Gasteiger charge is 2.36. The van der Waals surface area contributed by atoms with E-state index in [1.54, 1.807) is 36.4 Å². The van der Waals surface area contributed by atoms with E-state index in [2.05, 4.69) is 9.31 Å². The number of halogens is 3. The first-order valence-electron chi connectivity index (χ1n) is 10.8. The molecule has 0 atom stereocenters. The summed E-state index contributed by atoms with van der Waals surface area (Å²) < 4.78 is 61.8. The molecule has 3 rings (SSSR count). The Labute approximate surface area is 197 Å². The Hall–Kier alpha value is -3.46. The maximum absolute atomic E-state index is 14.0. The summed E-state index contributed by atoms with van der Waals surface area (Å²) in [5, 5.41) is 0. The van der Waals surface area contributed by atoms with Crippen LogP contribution in [0.25, 0.3) is 6.08 Å². The van der Waals surface area contributed by atoms with Crippen molar-refractivity contribution in [1.82, 2.24) is 0 Å². The van der Waals surface area contributed by atoms with Gasteiger partial charge in [0.05, 0.1) is 24.7 Å². The van der Waals surface area contributed by atoms with E-state index in [0.29, 0.717) is 19.0 Å². The van der Waals surface area contributed by atoms with Gasteiger partial charge in [-0.2, -0.15) is 0 Å². The average molecular weight is 472 g/mol. The Morgan fingerprint density at radius 1 is 0.912 bits per heavy atom. The van der Waals surface area contributed by atoms with Gasteiger partial charge < -0.3 is 27.4 Å². The van der Waals surface area contributed by atoms with E-state index < -0.39 is 13.8 Å². The second kappa shape index (κ2) is 12.1. The zero-order chi connectivity index (χ0) is 24.4. The van der Waals surface area contributed by atoms with E-state index in [1.807, 2.05) is 43.0 Å². The SMILES string of the molecule is C[N+](C)=C1C=CC(=CC=C2C=C(/C=C/c3ccc(OCCOCC[18F])cc3)O[B-](F)(F)O2)C=C1. The lowest BCUT2D eigenvalue weighted by atomic mass is 10.1. The molecule has 5 nitrogen and oxygen atoms in total. The third kappa shape index (κ3) is 8.15. The summed E-state index contributed by atoms with van der Waals surface area (Å²) in [5.41, 5.74) is 2.66. The molecule has 0 amide bonds. The largest absolute Gasteiger partial charge is 0.725 e. The van der Waals surface area contributed by atoms with Crippen LogP contribution in [-0.4, -0.2) is 58.0 Å². The van der Waals surface area contributed by atoms with Gasteiger partial charge >= 0.3 is 7.11 Å². The molecule has 0 unspecified atom stereocenters. The van der Waals surface area contributed by atoms with Crippen molar-refractivity contribution in [3.05, 3.63) is 95.5 Å². The highest BCUT2D eigenvalue weighted by Crippen LogP contribution is 2.28. The monoisotopic (exact) mass is 472 g/mol. The highest BCUT2D eigenvalue weighted by molar-refractivity contribution is 6.53. The predicted molar refractivity (Wildman–Crippen MR) is 128 cm³/mol. The Balaban J connectivity index is 1.64. The lowest BCUT2D eigenvalue weighted by Crippen LogP contribution is -2.33. The second-order valence-corrected chi connectivity index (χ2v) is 7.59. The van der Waals surface area contributed by atoms with E-state index in [4.69, 9.17) is 9.47 Å². The Kier molecular flexibility index (Phi) is 8.98. The molecule has 0 bridgehead atoms. The first-order valence-corrected chi connectivity index (χ1v) is 10.8.